The van der Waals surface area contributed by atoms with Crippen molar-refractivity contribution in [2.75, 3.05) is 18.5 Å². The highest BCUT2D eigenvalue weighted by atomic mass is 35.5. The molecule has 0 radical (unpaired) electrons. The number of fused-ring (bicyclic) bond motifs is 3. The number of likely N-dealkylation sites (N-methyl/N-ethyl adjacent to an activating group) is 1. The molecule has 4 aromatic carbocycles. The van der Waals surface area contributed by atoms with Gasteiger partial charge in [-0.3, -0.25) is 19.3 Å². The number of halogens is 4. The van der Waals surface area contributed by atoms with Crippen molar-refractivity contribution in [2.24, 2.45) is 0 Å². The number of carbonyl (C=O) groups is 2. The van der Waals surface area contributed by atoms with Crippen LogP contribution in [0.5, 0.6) is 0 Å². The highest BCUT2D eigenvalue weighted by molar-refractivity contribution is 6.30. The molecule has 4 aromatic rings. The molecular formula is C32H25ClF3N3O4. The van der Waals surface area contributed by atoms with Gasteiger partial charge in [0, 0.05) is 23.2 Å². The molecule has 11 heteroatoms. The molecule has 2 aliphatic rings. The first kappa shape index (κ1) is 28.9. The lowest BCUT2D eigenvalue weighted by molar-refractivity contribution is -0.368. The van der Waals surface area contributed by atoms with Crippen LogP contribution in [-0.2, 0) is 37.7 Å². The number of benzene rings is 4. The quantitative estimate of drug-likeness (QED) is 0.260. The molecule has 2 amide bonds. The number of anilines is 1. The lowest BCUT2D eigenvalue weighted by atomic mass is 9.87. The third-order valence-corrected chi connectivity index (χ3v) is 7.82. The number of hydrogen-bond acceptors (Lipinski definition) is 5. The lowest BCUT2D eigenvalue weighted by Crippen LogP contribution is -2.66. The minimum atomic E-state index is -4.56. The SMILES string of the molecule is CN1C(=O)CN2O[C@@H](c3ccc(C(F)(F)F)cc3)C(=O)N(OCc3ccccc3)[C@@]2(c2ccccc2)c2cc(Cl)ccc21. The van der Waals surface area contributed by atoms with E-state index in [0.717, 1.165) is 17.7 Å². The Hall–Kier alpha value is -4.22. The minimum Gasteiger partial charge on any atom is -0.314 e. The van der Waals surface area contributed by atoms with E-state index in [1.54, 1.807) is 49.5 Å². The van der Waals surface area contributed by atoms with Crippen molar-refractivity contribution in [2.45, 2.75) is 24.6 Å². The summed E-state index contributed by atoms with van der Waals surface area (Å²) in [5, 5.41) is 2.87. The van der Waals surface area contributed by atoms with Crippen molar-refractivity contribution in [3.63, 3.8) is 0 Å². The summed E-state index contributed by atoms with van der Waals surface area (Å²) in [7, 11) is 1.61. The zero-order valence-electron chi connectivity index (χ0n) is 22.8. The fraction of sp³-hybridized carbons (Fsp3) is 0.188. The lowest BCUT2D eigenvalue weighted by Gasteiger charge is -2.53. The van der Waals surface area contributed by atoms with E-state index in [4.69, 9.17) is 21.3 Å². The summed E-state index contributed by atoms with van der Waals surface area (Å²) in [5.74, 6) is -1.04. The van der Waals surface area contributed by atoms with E-state index in [1.165, 1.54) is 27.2 Å². The Morgan fingerprint density at radius 2 is 1.58 bits per heavy atom. The molecule has 0 N–H and O–H groups in total. The summed E-state index contributed by atoms with van der Waals surface area (Å²) in [6.07, 6.45) is -5.98. The molecule has 7 nitrogen and oxygen atoms in total. The maximum absolute atomic E-state index is 14.5. The standard InChI is InChI=1S/C32H25ClF3N3O4/c1-37-27-17-16-25(33)18-26(27)31(23-10-6-3-7-11-23)38(19-28(37)40)43-29(22-12-14-24(15-13-22)32(34,35)36)30(41)39(31)42-20-21-8-4-2-5-9-21/h2-18,29H,19-20H2,1H3/t29-,31-/m0/s1. The Bertz CT molecular complexity index is 1650. The van der Waals surface area contributed by atoms with Crippen molar-refractivity contribution in [3.8, 4) is 0 Å². The number of hydrogen-bond donors (Lipinski definition) is 0. The zero-order valence-corrected chi connectivity index (χ0v) is 23.5. The van der Waals surface area contributed by atoms with Crippen LogP contribution in [0.4, 0.5) is 18.9 Å². The van der Waals surface area contributed by atoms with Gasteiger partial charge in [-0.15, -0.1) is 5.06 Å². The number of hydroxylamine groups is 4. The summed E-state index contributed by atoms with van der Waals surface area (Å²) in [4.78, 5) is 42.2. The van der Waals surface area contributed by atoms with Gasteiger partial charge in [-0.25, -0.2) is 0 Å². The fourth-order valence-electron chi connectivity index (χ4n) is 5.46. The highest BCUT2D eigenvalue weighted by Crippen LogP contribution is 2.51. The number of alkyl halides is 3. The minimum absolute atomic E-state index is 0.0333. The number of nitrogens with zero attached hydrogens (tertiary/aromatic N) is 3. The molecule has 43 heavy (non-hydrogen) atoms. The number of carbonyl (C=O) groups excluding carboxylic acids is 2. The molecule has 2 aliphatic heterocycles. The first-order valence-electron chi connectivity index (χ1n) is 13.4. The van der Waals surface area contributed by atoms with Gasteiger partial charge in [0.25, 0.3) is 5.91 Å². The third-order valence-electron chi connectivity index (χ3n) is 7.58. The van der Waals surface area contributed by atoms with Crippen molar-refractivity contribution in [1.29, 1.82) is 0 Å². The van der Waals surface area contributed by atoms with Gasteiger partial charge in [0.05, 0.1) is 11.3 Å². The van der Waals surface area contributed by atoms with E-state index in [2.05, 4.69) is 0 Å². The first-order chi connectivity index (χ1) is 20.6. The van der Waals surface area contributed by atoms with E-state index in [9.17, 15) is 22.8 Å². The maximum Gasteiger partial charge on any atom is 0.416 e. The average Bonchev–Trinajstić information content (AvgIpc) is 3.09. The molecule has 6 rings (SSSR count). The van der Waals surface area contributed by atoms with Crippen molar-refractivity contribution in [3.05, 3.63) is 136 Å². The largest absolute Gasteiger partial charge is 0.416 e. The second-order valence-corrected chi connectivity index (χ2v) is 10.6. The van der Waals surface area contributed by atoms with Crippen LogP contribution in [0.3, 0.4) is 0 Å². The van der Waals surface area contributed by atoms with Crippen LogP contribution in [0, 0.1) is 0 Å². The van der Waals surface area contributed by atoms with Gasteiger partial charge >= 0.3 is 6.18 Å². The van der Waals surface area contributed by atoms with Gasteiger partial charge in [0.1, 0.15) is 13.2 Å². The van der Waals surface area contributed by atoms with Gasteiger partial charge in [0.2, 0.25) is 5.91 Å². The average molecular weight is 608 g/mol. The van der Waals surface area contributed by atoms with E-state index in [1.807, 2.05) is 36.4 Å². The van der Waals surface area contributed by atoms with Gasteiger partial charge in [0.15, 0.2) is 11.8 Å². The molecule has 0 aromatic heterocycles. The Morgan fingerprint density at radius 1 is 0.930 bits per heavy atom. The van der Waals surface area contributed by atoms with Crippen LogP contribution < -0.4 is 4.90 Å². The Balaban J connectivity index is 1.58. The van der Waals surface area contributed by atoms with E-state index in [0.29, 0.717) is 21.8 Å². The molecule has 0 saturated carbocycles. The topological polar surface area (TPSA) is 62.3 Å². The van der Waals surface area contributed by atoms with Crippen LogP contribution in [0.1, 0.15) is 33.9 Å². The normalized spacial score (nSPS) is 20.9. The predicted molar refractivity (Wildman–Crippen MR) is 152 cm³/mol. The van der Waals surface area contributed by atoms with Gasteiger partial charge in [-0.2, -0.15) is 18.2 Å². The molecule has 1 saturated heterocycles. The van der Waals surface area contributed by atoms with Crippen LogP contribution in [0.25, 0.3) is 0 Å². The van der Waals surface area contributed by atoms with Gasteiger partial charge < -0.3 is 4.90 Å². The summed E-state index contributed by atoms with van der Waals surface area (Å²) >= 11 is 6.53. The van der Waals surface area contributed by atoms with Crippen LogP contribution >= 0.6 is 11.6 Å². The van der Waals surface area contributed by atoms with Crippen molar-refractivity contribution in [1.82, 2.24) is 10.1 Å². The molecule has 0 aliphatic carbocycles. The molecule has 0 bridgehead atoms. The monoisotopic (exact) mass is 607 g/mol. The van der Waals surface area contributed by atoms with Crippen LogP contribution in [0.15, 0.2) is 103 Å². The Morgan fingerprint density at radius 3 is 2.23 bits per heavy atom. The molecule has 0 spiro atoms. The van der Waals surface area contributed by atoms with Gasteiger partial charge in [-0.05, 0) is 41.5 Å². The zero-order chi connectivity index (χ0) is 30.4. The molecule has 2 heterocycles. The first-order valence-corrected chi connectivity index (χ1v) is 13.7. The predicted octanol–water partition coefficient (Wildman–Crippen LogP) is 6.49. The number of rotatable bonds is 5. The molecule has 220 valence electrons. The number of amides is 2. The Kier molecular flexibility index (Phi) is 7.47. The summed E-state index contributed by atoms with van der Waals surface area (Å²) < 4.78 is 40.0. The molecule has 2 atom stereocenters. The summed E-state index contributed by atoms with van der Waals surface area (Å²) in [6, 6.07) is 27.2. The van der Waals surface area contributed by atoms with Gasteiger partial charge in [-0.1, -0.05) is 84.4 Å². The Labute approximate surface area is 250 Å². The van der Waals surface area contributed by atoms with Crippen LogP contribution in [-0.4, -0.2) is 35.5 Å². The third kappa shape index (κ3) is 5.06. The van der Waals surface area contributed by atoms with E-state index in [-0.39, 0.29) is 24.6 Å². The van der Waals surface area contributed by atoms with E-state index >= 15 is 0 Å². The second-order valence-electron chi connectivity index (χ2n) is 10.2. The van der Waals surface area contributed by atoms with Crippen molar-refractivity contribution >= 4 is 29.1 Å². The molecular weight excluding hydrogens is 583 g/mol. The fourth-order valence-corrected chi connectivity index (χ4v) is 5.63. The second kappa shape index (κ2) is 11.1. The van der Waals surface area contributed by atoms with Crippen LogP contribution in [0.2, 0.25) is 5.02 Å². The van der Waals surface area contributed by atoms with E-state index < -0.39 is 29.4 Å². The highest BCUT2D eigenvalue weighted by Gasteiger charge is 2.60. The molecule has 0 unspecified atom stereocenters. The maximum atomic E-state index is 14.5. The summed E-state index contributed by atoms with van der Waals surface area (Å²) in [6.45, 7) is -0.359. The molecule has 1 fully saturated rings. The summed E-state index contributed by atoms with van der Waals surface area (Å²) in [5.41, 5.74) is -0.166. The van der Waals surface area contributed by atoms with Crippen molar-refractivity contribution < 1.29 is 32.4 Å². The smallest absolute Gasteiger partial charge is 0.314 e.